The molecular weight excluding hydrogens is 725 g/mol. The van der Waals surface area contributed by atoms with Crippen LogP contribution in [0.25, 0.3) is 17.8 Å². The number of hydrogen-bond donors (Lipinski definition) is 0. The van der Waals surface area contributed by atoms with Crippen LogP contribution >= 0.6 is 0 Å². The lowest BCUT2D eigenvalue weighted by Gasteiger charge is -2.33. The molecule has 1 aromatic heterocycles. The van der Waals surface area contributed by atoms with Gasteiger partial charge in [0.2, 0.25) is 0 Å². The molecule has 60 heavy (non-hydrogen) atoms. The van der Waals surface area contributed by atoms with E-state index >= 15 is 0 Å². The maximum Gasteiger partial charge on any atom is 0.0490 e. The third kappa shape index (κ3) is 7.12. The lowest BCUT2D eigenvalue weighted by Crippen LogP contribution is -2.21. The zero-order chi connectivity index (χ0) is 39.8. The zero-order valence-electron chi connectivity index (χ0n) is 35.1. The highest BCUT2D eigenvalue weighted by Gasteiger charge is 2.35. The summed E-state index contributed by atoms with van der Waals surface area (Å²) in [7, 11) is 0. The van der Waals surface area contributed by atoms with Gasteiger partial charge in [-0.1, -0.05) is 128 Å². The van der Waals surface area contributed by atoms with E-state index in [-0.39, 0.29) is 0 Å². The fourth-order valence-corrected chi connectivity index (χ4v) is 11.4. The van der Waals surface area contributed by atoms with Gasteiger partial charge < -0.3 is 9.47 Å². The van der Waals surface area contributed by atoms with Crippen LogP contribution < -0.4 is 4.90 Å². The number of benzene rings is 2. The first-order valence-corrected chi connectivity index (χ1v) is 23.2. The molecule has 1 heterocycles. The van der Waals surface area contributed by atoms with Gasteiger partial charge in [-0.15, -0.1) is 0 Å². The maximum absolute atomic E-state index is 2.74. The molecule has 0 bridgehead atoms. The normalized spacial score (nSPS) is 26.3. The Morgan fingerprint density at radius 3 is 2.12 bits per heavy atom. The fourth-order valence-electron chi connectivity index (χ4n) is 11.4. The van der Waals surface area contributed by atoms with E-state index in [9.17, 15) is 0 Å². The largest absolute Gasteiger partial charge is 0.317 e. The highest BCUT2D eigenvalue weighted by atomic mass is 15.1. The fraction of sp³-hybridized carbons (Fsp3) is 0.310. The standard InChI is InChI=1S/C58H58N2/c1-3-12-41(13-4-1)43-22-24-44(25-23-43)46-28-35-51(36-29-46)59(50-33-26-45(27-34-50)42-14-5-2-6-15-42)52-37-30-47(31-38-52)49-17-11-18-53(40-49)60-57-21-10-9-20-55(57)56-39-32-48-16-7-8-19-54(48)58(56)60/h1,3,5,7-8,10,12,14-15,21-24,26,28-40,44-45,48-49,54H,2,4,6,9,11,13,16-20,25,27H2. The van der Waals surface area contributed by atoms with Gasteiger partial charge in [-0.05, 0) is 165 Å². The summed E-state index contributed by atoms with van der Waals surface area (Å²) in [5.41, 5.74) is 18.5. The molecule has 3 aromatic rings. The number of nitrogens with zero attached hydrogens (tertiary/aromatic N) is 2. The van der Waals surface area contributed by atoms with Crippen LogP contribution in [0.4, 0.5) is 11.4 Å². The van der Waals surface area contributed by atoms with Gasteiger partial charge >= 0.3 is 0 Å². The summed E-state index contributed by atoms with van der Waals surface area (Å²) in [6, 6.07) is 19.0. The van der Waals surface area contributed by atoms with E-state index in [4.69, 9.17) is 0 Å². The molecule has 2 heteroatoms. The summed E-state index contributed by atoms with van der Waals surface area (Å²) in [6.45, 7) is 0. The van der Waals surface area contributed by atoms with E-state index in [2.05, 4.69) is 173 Å². The van der Waals surface area contributed by atoms with Gasteiger partial charge in [0.05, 0.1) is 0 Å². The van der Waals surface area contributed by atoms with Crippen molar-refractivity contribution in [3.8, 4) is 0 Å². The quantitative estimate of drug-likeness (QED) is 0.207. The Morgan fingerprint density at radius 2 is 1.37 bits per heavy atom. The predicted octanol–water partition coefficient (Wildman–Crippen LogP) is 15.5. The van der Waals surface area contributed by atoms with Crippen molar-refractivity contribution in [3.05, 3.63) is 208 Å². The van der Waals surface area contributed by atoms with E-state index in [1.165, 1.54) is 74.7 Å². The summed E-state index contributed by atoms with van der Waals surface area (Å²) >= 11 is 0. The van der Waals surface area contributed by atoms with Crippen LogP contribution in [-0.4, -0.2) is 4.57 Å². The number of allylic oxidation sites excluding steroid dienone is 21. The highest BCUT2D eigenvalue weighted by Crippen LogP contribution is 2.48. The first-order valence-electron chi connectivity index (χ1n) is 23.2. The van der Waals surface area contributed by atoms with Crippen LogP contribution in [0.15, 0.2) is 174 Å². The molecule has 5 unspecified atom stereocenters. The average molecular weight is 783 g/mol. The summed E-state index contributed by atoms with van der Waals surface area (Å²) < 4.78 is 2.74. The van der Waals surface area contributed by atoms with Crippen LogP contribution in [0.1, 0.15) is 128 Å². The van der Waals surface area contributed by atoms with Crippen LogP contribution in [0.2, 0.25) is 0 Å². The molecular formula is C58H58N2. The van der Waals surface area contributed by atoms with Gasteiger partial charge in [0.25, 0.3) is 0 Å². The molecule has 0 spiro atoms. The molecule has 5 atom stereocenters. The first kappa shape index (κ1) is 37.4. The predicted molar refractivity (Wildman–Crippen MR) is 254 cm³/mol. The van der Waals surface area contributed by atoms with Gasteiger partial charge in [-0.2, -0.15) is 0 Å². The molecule has 0 amide bonds. The molecule has 0 saturated carbocycles. The number of aromatic nitrogens is 1. The second-order valence-electron chi connectivity index (χ2n) is 18.2. The molecule has 0 N–H and O–H groups in total. The molecule has 8 aliphatic rings. The Hall–Kier alpha value is -5.60. The van der Waals surface area contributed by atoms with Crippen LogP contribution in [-0.2, 0) is 6.42 Å². The van der Waals surface area contributed by atoms with Gasteiger partial charge in [0, 0.05) is 57.8 Å². The van der Waals surface area contributed by atoms with Gasteiger partial charge in [-0.25, -0.2) is 0 Å². The van der Waals surface area contributed by atoms with Crippen LogP contribution in [0.3, 0.4) is 0 Å². The smallest absolute Gasteiger partial charge is 0.0490 e. The van der Waals surface area contributed by atoms with E-state index in [1.54, 1.807) is 11.3 Å². The highest BCUT2D eigenvalue weighted by molar-refractivity contribution is 5.75. The van der Waals surface area contributed by atoms with Gasteiger partial charge in [0.15, 0.2) is 0 Å². The summed E-state index contributed by atoms with van der Waals surface area (Å²) in [5.74, 6) is 2.46. The van der Waals surface area contributed by atoms with Crippen molar-refractivity contribution in [3.63, 3.8) is 0 Å². The number of hydrogen-bond acceptors (Lipinski definition) is 1. The molecule has 2 aromatic carbocycles. The number of fused-ring (bicyclic) bond motifs is 5. The van der Waals surface area contributed by atoms with Crippen molar-refractivity contribution >= 4 is 29.2 Å². The van der Waals surface area contributed by atoms with Crippen molar-refractivity contribution in [2.24, 2.45) is 11.8 Å². The van der Waals surface area contributed by atoms with Crippen molar-refractivity contribution in [1.29, 1.82) is 0 Å². The minimum atomic E-state index is 0.408. The van der Waals surface area contributed by atoms with Gasteiger partial charge in [-0.3, -0.25) is 0 Å². The average Bonchev–Trinajstić information content (AvgIpc) is 3.68. The summed E-state index contributed by atoms with van der Waals surface area (Å²) in [4.78, 5) is 2.48. The minimum Gasteiger partial charge on any atom is -0.317 e. The maximum atomic E-state index is 2.74. The van der Waals surface area contributed by atoms with Crippen molar-refractivity contribution in [1.82, 2.24) is 4.57 Å². The summed E-state index contributed by atoms with van der Waals surface area (Å²) in [5, 5.41) is 0. The molecule has 0 saturated heterocycles. The Morgan fingerprint density at radius 1 is 0.583 bits per heavy atom. The van der Waals surface area contributed by atoms with Crippen molar-refractivity contribution in [2.45, 2.75) is 101 Å². The van der Waals surface area contributed by atoms with Crippen molar-refractivity contribution in [2.75, 3.05) is 4.90 Å². The van der Waals surface area contributed by atoms with E-state index in [1.807, 2.05) is 0 Å². The molecule has 0 aliphatic heterocycles. The molecule has 0 fully saturated rings. The van der Waals surface area contributed by atoms with E-state index in [0.717, 1.165) is 70.6 Å². The van der Waals surface area contributed by atoms with Crippen LogP contribution in [0.5, 0.6) is 0 Å². The molecule has 8 aliphatic carbocycles. The third-order valence-electron chi connectivity index (χ3n) is 14.6. The second kappa shape index (κ2) is 16.5. The monoisotopic (exact) mass is 782 g/mol. The Kier molecular flexibility index (Phi) is 10.3. The van der Waals surface area contributed by atoms with Crippen LogP contribution in [0, 0.1) is 11.8 Å². The minimum absolute atomic E-state index is 0.408. The van der Waals surface area contributed by atoms with E-state index < -0.39 is 0 Å². The topological polar surface area (TPSA) is 8.17 Å². The number of rotatable bonds is 8. The second-order valence-corrected chi connectivity index (χ2v) is 18.2. The Labute approximate surface area is 358 Å². The summed E-state index contributed by atoms with van der Waals surface area (Å²) in [6.07, 6.45) is 60.6. The molecule has 300 valence electrons. The molecule has 2 nitrogen and oxygen atoms in total. The van der Waals surface area contributed by atoms with Crippen molar-refractivity contribution < 1.29 is 0 Å². The van der Waals surface area contributed by atoms with Gasteiger partial charge in [0.1, 0.15) is 0 Å². The SMILES string of the molecule is C1=CCCC(C2=CCC(c3ccc(N(C4=CCC(C5=CCCC=C5)C=C4)c4ccc(C5C=C(n6c7c(c8c6C6CC=CCC6C=C8)CCC=C7)CCC5)cc4)cc3)C=C2)=C1. The zero-order valence-corrected chi connectivity index (χ0v) is 35.1. The Balaban J connectivity index is 0.886. The van der Waals surface area contributed by atoms with E-state index in [0.29, 0.717) is 29.6 Å². The third-order valence-corrected chi connectivity index (χ3v) is 14.6. The molecule has 0 radical (unpaired) electrons. The number of anilines is 2. The lowest BCUT2D eigenvalue weighted by molar-refractivity contribution is 0.474. The molecule has 11 rings (SSSR count). The Bertz CT molecular complexity index is 2520. The lowest BCUT2D eigenvalue weighted by atomic mass is 9.75. The first-order chi connectivity index (χ1) is 29.7.